The Labute approximate surface area is 108 Å². The van der Waals surface area contributed by atoms with E-state index >= 15 is 0 Å². The van der Waals surface area contributed by atoms with Crippen molar-refractivity contribution < 1.29 is 9.90 Å². The second kappa shape index (κ2) is 6.38. The van der Waals surface area contributed by atoms with Gasteiger partial charge in [0.1, 0.15) is 11.4 Å². The van der Waals surface area contributed by atoms with Crippen LogP contribution in [0.1, 0.15) is 49.7 Å². The Morgan fingerprint density at radius 2 is 2.11 bits per heavy atom. The number of hydrogen-bond acceptors (Lipinski definition) is 3. The Balaban J connectivity index is 2.82. The summed E-state index contributed by atoms with van der Waals surface area (Å²) < 4.78 is 0. The number of rotatable bonds is 6. The molecule has 1 rings (SSSR count). The normalized spacial score (nSPS) is 14.0. The van der Waals surface area contributed by atoms with E-state index in [0.29, 0.717) is 11.7 Å². The average molecular weight is 250 g/mol. The third kappa shape index (κ3) is 4.02. The van der Waals surface area contributed by atoms with Crippen LogP contribution in [0.25, 0.3) is 0 Å². The maximum Gasteiger partial charge on any atom is 0.339 e. The molecule has 18 heavy (non-hydrogen) atoms. The first kappa shape index (κ1) is 14.5. The van der Waals surface area contributed by atoms with Crippen molar-refractivity contribution in [3.05, 3.63) is 23.4 Å². The summed E-state index contributed by atoms with van der Waals surface area (Å²) in [7, 11) is 0. The van der Waals surface area contributed by atoms with Gasteiger partial charge in [-0.15, -0.1) is 0 Å². The van der Waals surface area contributed by atoms with E-state index in [9.17, 15) is 4.79 Å². The molecule has 4 heteroatoms. The first-order valence-electron chi connectivity index (χ1n) is 6.41. The van der Waals surface area contributed by atoms with Gasteiger partial charge in [0.05, 0.1) is 0 Å². The van der Waals surface area contributed by atoms with Crippen molar-refractivity contribution in [3.8, 4) is 0 Å². The maximum absolute atomic E-state index is 11.1. The number of anilines is 1. The van der Waals surface area contributed by atoms with E-state index in [0.717, 1.165) is 18.5 Å². The summed E-state index contributed by atoms with van der Waals surface area (Å²) in [5.74, 6) is 0.143. The summed E-state index contributed by atoms with van der Waals surface area (Å²) in [4.78, 5) is 15.4. The van der Waals surface area contributed by atoms with Crippen LogP contribution in [-0.4, -0.2) is 22.1 Å². The third-order valence-electron chi connectivity index (χ3n) is 3.10. The van der Waals surface area contributed by atoms with Crippen molar-refractivity contribution in [2.45, 2.75) is 46.6 Å². The molecule has 0 bridgehead atoms. The largest absolute Gasteiger partial charge is 0.478 e. The number of carboxylic acid groups (broad SMARTS) is 1. The molecule has 100 valence electrons. The van der Waals surface area contributed by atoms with Crippen LogP contribution in [0.15, 0.2) is 12.1 Å². The molecule has 1 heterocycles. The molecule has 0 spiro atoms. The molecular weight excluding hydrogens is 228 g/mol. The molecule has 1 aromatic rings. The molecule has 1 aromatic heterocycles. The van der Waals surface area contributed by atoms with Gasteiger partial charge in [-0.05, 0) is 38.3 Å². The standard InChI is InChI=1S/C14H22N2O2/c1-5-9(2)8-11(4)16-13-12(14(17)18)7-6-10(3)15-13/h6-7,9,11H,5,8H2,1-4H3,(H,15,16)(H,17,18). The summed E-state index contributed by atoms with van der Waals surface area (Å²) in [6.45, 7) is 8.27. The summed E-state index contributed by atoms with van der Waals surface area (Å²) in [6.07, 6.45) is 2.13. The summed E-state index contributed by atoms with van der Waals surface area (Å²) >= 11 is 0. The van der Waals surface area contributed by atoms with Crippen LogP contribution in [0, 0.1) is 12.8 Å². The minimum atomic E-state index is -0.944. The number of pyridine rings is 1. The first-order chi connectivity index (χ1) is 8.43. The van der Waals surface area contributed by atoms with Gasteiger partial charge < -0.3 is 10.4 Å². The second-order valence-corrected chi connectivity index (χ2v) is 4.95. The number of aryl methyl sites for hydroxylation is 1. The van der Waals surface area contributed by atoms with E-state index < -0.39 is 5.97 Å². The van der Waals surface area contributed by atoms with Crippen LogP contribution in [0.4, 0.5) is 5.82 Å². The zero-order valence-corrected chi connectivity index (χ0v) is 11.5. The second-order valence-electron chi connectivity index (χ2n) is 4.95. The number of nitrogens with zero attached hydrogens (tertiary/aromatic N) is 1. The maximum atomic E-state index is 11.1. The lowest BCUT2D eigenvalue weighted by molar-refractivity contribution is 0.0697. The van der Waals surface area contributed by atoms with Crippen molar-refractivity contribution in [1.29, 1.82) is 0 Å². The number of aromatic carboxylic acids is 1. The topological polar surface area (TPSA) is 62.2 Å². The number of carbonyl (C=O) groups is 1. The van der Waals surface area contributed by atoms with E-state index in [1.54, 1.807) is 12.1 Å². The van der Waals surface area contributed by atoms with Crippen molar-refractivity contribution >= 4 is 11.8 Å². The molecule has 0 fully saturated rings. The Kier molecular flexibility index (Phi) is 5.13. The lowest BCUT2D eigenvalue weighted by Gasteiger charge is -2.19. The lowest BCUT2D eigenvalue weighted by atomic mass is 10.0. The summed E-state index contributed by atoms with van der Waals surface area (Å²) in [6, 6.07) is 3.53. The Hall–Kier alpha value is -1.58. The van der Waals surface area contributed by atoms with Gasteiger partial charge in [0.25, 0.3) is 0 Å². The van der Waals surface area contributed by atoms with E-state index in [2.05, 4.69) is 31.1 Å². The Morgan fingerprint density at radius 3 is 2.67 bits per heavy atom. The molecule has 2 N–H and O–H groups in total. The molecule has 0 radical (unpaired) electrons. The monoisotopic (exact) mass is 250 g/mol. The van der Waals surface area contributed by atoms with Gasteiger partial charge in [-0.3, -0.25) is 0 Å². The van der Waals surface area contributed by atoms with Crippen LogP contribution in [0.5, 0.6) is 0 Å². The van der Waals surface area contributed by atoms with Crippen molar-refractivity contribution in [3.63, 3.8) is 0 Å². The highest BCUT2D eigenvalue weighted by molar-refractivity contribution is 5.93. The van der Waals surface area contributed by atoms with Crippen LogP contribution < -0.4 is 5.32 Å². The van der Waals surface area contributed by atoms with Gasteiger partial charge in [-0.2, -0.15) is 0 Å². The molecule has 2 unspecified atom stereocenters. The fraction of sp³-hybridized carbons (Fsp3) is 0.571. The van der Waals surface area contributed by atoms with Crippen molar-refractivity contribution in [1.82, 2.24) is 4.98 Å². The van der Waals surface area contributed by atoms with Crippen molar-refractivity contribution in [2.24, 2.45) is 5.92 Å². The average Bonchev–Trinajstić information content (AvgIpc) is 2.28. The smallest absolute Gasteiger partial charge is 0.339 e. The van der Waals surface area contributed by atoms with Gasteiger partial charge in [-0.25, -0.2) is 9.78 Å². The fourth-order valence-electron chi connectivity index (χ4n) is 1.90. The summed E-state index contributed by atoms with van der Waals surface area (Å²) in [5.41, 5.74) is 1.05. The molecule has 0 saturated heterocycles. The predicted octanol–water partition coefficient (Wildman–Crippen LogP) is 3.32. The first-order valence-corrected chi connectivity index (χ1v) is 6.41. The molecular formula is C14H22N2O2. The number of carboxylic acids is 1. The quantitative estimate of drug-likeness (QED) is 0.813. The zero-order chi connectivity index (χ0) is 13.7. The molecule has 4 nitrogen and oxygen atoms in total. The lowest BCUT2D eigenvalue weighted by Crippen LogP contribution is -2.21. The molecule has 2 atom stereocenters. The molecule has 0 amide bonds. The molecule has 0 aliphatic rings. The summed E-state index contributed by atoms with van der Waals surface area (Å²) in [5, 5.41) is 12.3. The van der Waals surface area contributed by atoms with Gasteiger partial charge in [0.15, 0.2) is 0 Å². The third-order valence-corrected chi connectivity index (χ3v) is 3.10. The van der Waals surface area contributed by atoms with E-state index in [4.69, 9.17) is 5.11 Å². The Morgan fingerprint density at radius 1 is 1.44 bits per heavy atom. The van der Waals surface area contributed by atoms with E-state index in [1.807, 2.05) is 6.92 Å². The number of nitrogens with one attached hydrogen (secondary N) is 1. The van der Waals surface area contributed by atoms with Crippen LogP contribution in [0.3, 0.4) is 0 Å². The molecule has 0 aliphatic heterocycles. The highest BCUT2D eigenvalue weighted by Gasteiger charge is 2.14. The highest BCUT2D eigenvalue weighted by Crippen LogP contribution is 2.18. The number of hydrogen-bond donors (Lipinski definition) is 2. The molecule has 0 aromatic carbocycles. The van der Waals surface area contributed by atoms with Crippen LogP contribution >= 0.6 is 0 Å². The fourth-order valence-corrected chi connectivity index (χ4v) is 1.90. The van der Waals surface area contributed by atoms with E-state index in [-0.39, 0.29) is 11.6 Å². The SMILES string of the molecule is CCC(C)CC(C)Nc1nc(C)ccc1C(=O)O. The van der Waals surface area contributed by atoms with Gasteiger partial charge >= 0.3 is 5.97 Å². The minimum Gasteiger partial charge on any atom is -0.478 e. The predicted molar refractivity (Wildman–Crippen MR) is 73.1 cm³/mol. The Bertz CT molecular complexity index is 418. The minimum absolute atomic E-state index is 0.215. The van der Waals surface area contributed by atoms with Crippen molar-refractivity contribution in [2.75, 3.05) is 5.32 Å². The highest BCUT2D eigenvalue weighted by atomic mass is 16.4. The zero-order valence-electron chi connectivity index (χ0n) is 11.5. The van der Waals surface area contributed by atoms with Gasteiger partial charge in [0, 0.05) is 11.7 Å². The molecule has 0 aliphatic carbocycles. The molecule has 0 saturated carbocycles. The number of aromatic nitrogens is 1. The van der Waals surface area contributed by atoms with Crippen LogP contribution in [-0.2, 0) is 0 Å². The van der Waals surface area contributed by atoms with Crippen LogP contribution in [0.2, 0.25) is 0 Å². The van der Waals surface area contributed by atoms with Gasteiger partial charge in [0.2, 0.25) is 0 Å². The van der Waals surface area contributed by atoms with Gasteiger partial charge in [-0.1, -0.05) is 20.3 Å². The van der Waals surface area contributed by atoms with E-state index in [1.165, 1.54) is 0 Å².